The molecular formula is C17H22N2O3S. The number of thiazole rings is 1. The molecule has 0 saturated heterocycles. The molecule has 0 aliphatic rings. The molecular weight excluding hydrogens is 312 g/mol. The highest BCUT2D eigenvalue weighted by Crippen LogP contribution is 2.29. The van der Waals surface area contributed by atoms with Gasteiger partial charge in [-0.2, -0.15) is 0 Å². The molecule has 1 aromatic heterocycles. The van der Waals surface area contributed by atoms with E-state index in [-0.39, 0.29) is 5.91 Å². The Morgan fingerprint density at radius 2 is 2.00 bits per heavy atom. The fourth-order valence-corrected chi connectivity index (χ4v) is 3.04. The number of nitrogens with zero attached hydrogens (tertiary/aromatic N) is 2. The molecule has 6 heteroatoms. The van der Waals surface area contributed by atoms with E-state index in [0.29, 0.717) is 19.6 Å². The lowest BCUT2D eigenvalue weighted by Gasteiger charge is -2.18. The van der Waals surface area contributed by atoms with Crippen LogP contribution in [0, 0.1) is 0 Å². The van der Waals surface area contributed by atoms with Gasteiger partial charge in [0.05, 0.1) is 12.8 Å². The largest absolute Gasteiger partial charge is 0.497 e. The Kier molecular flexibility index (Phi) is 6.55. The van der Waals surface area contributed by atoms with Crippen molar-refractivity contribution < 1.29 is 14.3 Å². The Labute approximate surface area is 140 Å². The van der Waals surface area contributed by atoms with Crippen molar-refractivity contribution in [3.63, 3.8) is 0 Å². The lowest BCUT2D eigenvalue weighted by molar-refractivity contribution is -0.118. The van der Waals surface area contributed by atoms with Gasteiger partial charge in [0.25, 0.3) is 0 Å². The molecule has 0 N–H and O–H groups in total. The van der Waals surface area contributed by atoms with Gasteiger partial charge in [-0.25, -0.2) is 4.98 Å². The summed E-state index contributed by atoms with van der Waals surface area (Å²) in [5.74, 6) is 0.892. The van der Waals surface area contributed by atoms with Crippen molar-refractivity contribution in [2.75, 3.05) is 32.3 Å². The topological polar surface area (TPSA) is 51.7 Å². The molecule has 0 aliphatic carbocycles. The van der Waals surface area contributed by atoms with E-state index in [1.165, 1.54) is 11.3 Å². The Bertz CT molecular complexity index is 625. The highest BCUT2D eigenvalue weighted by atomic mass is 32.1. The van der Waals surface area contributed by atoms with Crippen molar-refractivity contribution in [1.29, 1.82) is 0 Å². The summed E-state index contributed by atoms with van der Waals surface area (Å²) in [4.78, 5) is 18.5. The Hall–Kier alpha value is -1.92. The van der Waals surface area contributed by atoms with Gasteiger partial charge < -0.3 is 9.47 Å². The second kappa shape index (κ2) is 8.64. The van der Waals surface area contributed by atoms with Gasteiger partial charge in [0, 0.05) is 37.6 Å². The van der Waals surface area contributed by atoms with Gasteiger partial charge in [0.1, 0.15) is 5.75 Å². The van der Waals surface area contributed by atoms with Crippen LogP contribution < -0.4 is 9.64 Å². The number of hydrogen-bond donors (Lipinski definition) is 0. The van der Waals surface area contributed by atoms with Gasteiger partial charge in [0.2, 0.25) is 5.91 Å². The predicted molar refractivity (Wildman–Crippen MR) is 93.2 cm³/mol. The maximum atomic E-state index is 12.2. The quantitative estimate of drug-likeness (QED) is 0.692. The summed E-state index contributed by atoms with van der Waals surface area (Å²) in [5.41, 5.74) is 1.88. The van der Waals surface area contributed by atoms with E-state index in [2.05, 4.69) is 4.98 Å². The molecule has 2 rings (SSSR count). The Balaban J connectivity index is 2.17. The second-order valence-corrected chi connectivity index (χ2v) is 5.83. The standard InChI is InChI=1S/C17H22N2O3S/c1-4-16(20)19(10-5-11-21-2)17-18-15(12-23-17)13-6-8-14(22-3)9-7-13/h6-9,12H,4-5,10-11H2,1-3H3. The summed E-state index contributed by atoms with van der Waals surface area (Å²) in [7, 11) is 3.31. The fraction of sp³-hybridized carbons (Fsp3) is 0.412. The van der Waals surface area contributed by atoms with Gasteiger partial charge >= 0.3 is 0 Å². The third kappa shape index (κ3) is 4.53. The summed E-state index contributed by atoms with van der Waals surface area (Å²) >= 11 is 1.49. The lowest BCUT2D eigenvalue weighted by Crippen LogP contribution is -2.31. The van der Waals surface area contributed by atoms with Crippen LogP contribution in [-0.2, 0) is 9.53 Å². The molecule has 1 aromatic carbocycles. The maximum absolute atomic E-state index is 12.2. The van der Waals surface area contributed by atoms with Gasteiger partial charge in [-0.05, 0) is 30.7 Å². The molecule has 0 spiro atoms. The minimum atomic E-state index is 0.0803. The summed E-state index contributed by atoms with van der Waals surface area (Å²) < 4.78 is 10.2. The molecule has 0 fully saturated rings. The van der Waals surface area contributed by atoms with E-state index in [1.807, 2.05) is 36.6 Å². The van der Waals surface area contributed by atoms with E-state index >= 15 is 0 Å². The third-order valence-electron chi connectivity index (χ3n) is 3.44. The molecule has 23 heavy (non-hydrogen) atoms. The molecule has 0 bridgehead atoms. The first-order valence-electron chi connectivity index (χ1n) is 7.58. The minimum absolute atomic E-state index is 0.0803. The van der Waals surface area contributed by atoms with Crippen molar-refractivity contribution in [1.82, 2.24) is 4.98 Å². The number of hydrogen-bond acceptors (Lipinski definition) is 5. The molecule has 5 nitrogen and oxygen atoms in total. The first kappa shape index (κ1) is 17.4. The maximum Gasteiger partial charge on any atom is 0.228 e. The van der Waals surface area contributed by atoms with E-state index in [9.17, 15) is 4.79 Å². The number of ether oxygens (including phenoxy) is 2. The minimum Gasteiger partial charge on any atom is -0.497 e. The zero-order valence-electron chi connectivity index (χ0n) is 13.7. The molecule has 2 aromatic rings. The van der Waals surface area contributed by atoms with Gasteiger partial charge in [0.15, 0.2) is 5.13 Å². The zero-order chi connectivity index (χ0) is 16.7. The molecule has 0 saturated carbocycles. The smallest absolute Gasteiger partial charge is 0.228 e. The van der Waals surface area contributed by atoms with Gasteiger partial charge in [-0.1, -0.05) is 6.92 Å². The number of benzene rings is 1. The first-order chi connectivity index (χ1) is 11.2. The predicted octanol–water partition coefficient (Wildman–Crippen LogP) is 3.60. The number of carbonyl (C=O) groups is 1. The van der Waals surface area contributed by atoms with Crippen LogP contribution in [0.3, 0.4) is 0 Å². The van der Waals surface area contributed by atoms with E-state index in [4.69, 9.17) is 9.47 Å². The highest BCUT2D eigenvalue weighted by molar-refractivity contribution is 7.14. The van der Waals surface area contributed by atoms with Gasteiger partial charge in [-0.15, -0.1) is 11.3 Å². The normalized spacial score (nSPS) is 10.6. The van der Waals surface area contributed by atoms with Crippen LogP contribution >= 0.6 is 11.3 Å². The number of methoxy groups -OCH3 is 2. The third-order valence-corrected chi connectivity index (χ3v) is 4.31. The second-order valence-electron chi connectivity index (χ2n) is 4.99. The van der Waals surface area contributed by atoms with Crippen LogP contribution in [0.15, 0.2) is 29.6 Å². The zero-order valence-corrected chi connectivity index (χ0v) is 14.6. The van der Waals surface area contributed by atoms with E-state index in [0.717, 1.165) is 28.6 Å². The van der Waals surface area contributed by atoms with Crippen molar-refractivity contribution in [2.24, 2.45) is 0 Å². The number of rotatable bonds is 8. The number of anilines is 1. The molecule has 1 heterocycles. The van der Waals surface area contributed by atoms with Crippen LogP contribution in [0.25, 0.3) is 11.3 Å². The molecule has 0 atom stereocenters. The van der Waals surface area contributed by atoms with Crippen LogP contribution in [0.1, 0.15) is 19.8 Å². The summed E-state index contributed by atoms with van der Waals surface area (Å²) in [6.45, 7) is 3.12. The highest BCUT2D eigenvalue weighted by Gasteiger charge is 2.17. The number of amides is 1. The Morgan fingerprint density at radius 3 is 2.61 bits per heavy atom. The number of carbonyl (C=O) groups excluding carboxylic acids is 1. The molecule has 0 radical (unpaired) electrons. The van der Waals surface area contributed by atoms with Crippen molar-refractivity contribution >= 4 is 22.4 Å². The molecule has 0 aliphatic heterocycles. The molecule has 124 valence electrons. The van der Waals surface area contributed by atoms with Crippen LogP contribution in [0.2, 0.25) is 0 Å². The average Bonchev–Trinajstić information content (AvgIpc) is 3.08. The first-order valence-corrected chi connectivity index (χ1v) is 8.46. The summed E-state index contributed by atoms with van der Waals surface area (Å²) in [6.07, 6.45) is 1.25. The lowest BCUT2D eigenvalue weighted by atomic mass is 10.2. The average molecular weight is 334 g/mol. The fourth-order valence-electron chi connectivity index (χ4n) is 2.17. The molecule has 0 unspecified atom stereocenters. The summed E-state index contributed by atoms with van der Waals surface area (Å²) in [6, 6.07) is 7.74. The van der Waals surface area contributed by atoms with Crippen molar-refractivity contribution in [3.8, 4) is 17.0 Å². The van der Waals surface area contributed by atoms with Gasteiger partial charge in [-0.3, -0.25) is 9.69 Å². The monoisotopic (exact) mass is 334 g/mol. The number of aromatic nitrogens is 1. The van der Waals surface area contributed by atoms with Crippen LogP contribution in [-0.4, -0.2) is 38.3 Å². The van der Waals surface area contributed by atoms with E-state index < -0.39 is 0 Å². The summed E-state index contributed by atoms with van der Waals surface area (Å²) in [5, 5.41) is 2.71. The van der Waals surface area contributed by atoms with Crippen LogP contribution in [0.5, 0.6) is 5.75 Å². The van der Waals surface area contributed by atoms with Crippen LogP contribution in [0.4, 0.5) is 5.13 Å². The SMILES string of the molecule is CCC(=O)N(CCCOC)c1nc(-c2ccc(OC)cc2)cs1. The van der Waals surface area contributed by atoms with Crippen molar-refractivity contribution in [3.05, 3.63) is 29.6 Å². The van der Waals surface area contributed by atoms with Crippen molar-refractivity contribution in [2.45, 2.75) is 19.8 Å². The van der Waals surface area contributed by atoms with E-state index in [1.54, 1.807) is 19.1 Å². The molecule has 1 amide bonds. The Morgan fingerprint density at radius 1 is 1.26 bits per heavy atom.